The van der Waals surface area contributed by atoms with Crippen LogP contribution in [-0.4, -0.2) is 4.98 Å². The summed E-state index contributed by atoms with van der Waals surface area (Å²) in [4.78, 5) is 4.39. The van der Waals surface area contributed by atoms with E-state index in [1.807, 2.05) is 54.6 Å². The van der Waals surface area contributed by atoms with Crippen LogP contribution in [0.5, 0.6) is 0 Å². The van der Waals surface area contributed by atoms with Crippen molar-refractivity contribution in [2.45, 2.75) is 0 Å². The van der Waals surface area contributed by atoms with Gasteiger partial charge >= 0.3 is 0 Å². The molecule has 1 aromatic heterocycles. The molecule has 0 atom stereocenters. The maximum absolute atomic E-state index is 9.20. The summed E-state index contributed by atoms with van der Waals surface area (Å²) in [7, 11) is 0. The summed E-state index contributed by atoms with van der Waals surface area (Å²) in [6, 6.07) is 19.6. The summed E-state index contributed by atoms with van der Waals surface area (Å²) in [5, 5.41) is 11.2. The first-order valence-corrected chi connectivity index (χ1v) is 6.23. The van der Waals surface area contributed by atoms with E-state index in [1.165, 1.54) is 0 Å². The van der Waals surface area contributed by atoms with Crippen LogP contribution in [0.4, 0.5) is 0 Å². The molecule has 0 amide bonds. The molecule has 0 unspecified atom stereocenters. The highest BCUT2D eigenvalue weighted by Crippen LogP contribution is 2.32. The molecule has 0 saturated heterocycles. The fraction of sp³-hybridized carbons (Fsp3) is 0. The smallest absolute Gasteiger partial charge is 0.148 e. The van der Waals surface area contributed by atoms with Crippen molar-refractivity contribution < 1.29 is 0 Å². The van der Waals surface area contributed by atoms with E-state index in [2.05, 4.69) is 11.1 Å². The monoisotopic (exact) mass is 264 g/mol. The molecule has 3 aromatic rings. The lowest BCUT2D eigenvalue weighted by atomic mass is 10.0. The van der Waals surface area contributed by atoms with E-state index in [0.717, 1.165) is 22.0 Å². The fourth-order valence-electron chi connectivity index (χ4n) is 2.16. The van der Waals surface area contributed by atoms with Crippen LogP contribution in [0.15, 0.2) is 54.6 Å². The maximum Gasteiger partial charge on any atom is 0.148 e. The van der Waals surface area contributed by atoms with Gasteiger partial charge in [-0.15, -0.1) is 0 Å². The number of aromatic nitrogens is 1. The summed E-state index contributed by atoms with van der Waals surface area (Å²) in [6.45, 7) is 0. The van der Waals surface area contributed by atoms with Crippen LogP contribution in [0, 0.1) is 11.3 Å². The molecular weight excluding hydrogens is 256 g/mol. The van der Waals surface area contributed by atoms with Gasteiger partial charge in [-0.2, -0.15) is 5.26 Å². The van der Waals surface area contributed by atoms with Gasteiger partial charge in [-0.3, -0.25) is 0 Å². The molecule has 0 aliphatic rings. The van der Waals surface area contributed by atoms with Crippen molar-refractivity contribution in [3.63, 3.8) is 0 Å². The Morgan fingerprint density at radius 3 is 2.21 bits per heavy atom. The van der Waals surface area contributed by atoms with E-state index in [1.54, 1.807) is 0 Å². The Labute approximate surface area is 115 Å². The van der Waals surface area contributed by atoms with Gasteiger partial charge in [0.1, 0.15) is 11.2 Å². The summed E-state index contributed by atoms with van der Waals surface area (Å²) in [6.07, 6.45) is 0. The van der Waals surface area contributed by atoms with Crippen molar-refractivity contribution in [2.24, 2.45) is 0 Å². The van der Waals surface area contributed by atoms with Gasteiger partial charge in [-0.05, 0) is 0 Å². The largest absolute Gasteiger partial charge is 0.234 e. The van der Waals surface area contributed by atoms with Crippen molar-refractivity contribution in [2.75, 3.05) is 0 Å². The Balaban J connectivity index is 2.43. The number of nitriles is 1. The molecule has 2 nitrogen and oxygen atoms in total. The highest BCUT2D eigenvalue weighted by molar-refractivity contribution is 6.32. The average molecular weight is 265 g/mol. The van der Waals surface area contributed by atoms with E-state index in [4.69, 9.17) is 11.6 Å². The van der Waals surface area contributed by atoms with Crippen LogP contribution in [0.1, 0.15) is 5.56 Å². The van der Waals surface area contributed by atoms with Gasteiger partial charge in [0.05, 0.1) is 11.3 Å². The Bertz CT molecular complexity index is 789. The highest BCUT2D eigenvalue weighted by atomic mass is 35.5. The molecule has 1 heterocycles. The normalized spacial score (nSPS) is 10.3. The van der Waals surface area contributed by atoms with Crippen LogP contribution in [0.2, 0.25) is 5.15 Å². The Morgan fingerprint density at radius 1 is 0.895 bits per heavy atom. The summed E-state index contributed by atoms with van der Waals surface area (Å²) in [5.41, 5.74) is 2.22. The van der Waals surface area contributed by atoms with Crippen molar-refractivity contribution in [1.29, 1.82) is 5.26 Å². The minimum Gasteiger partial charge on any atom is -0.234 e. The molecule has 0 N–H and O–H groups in total. The summed E-state index contributed by atoms with van der Waals surface area (Å²) < 4.78 is 0. The highest BCUT2D eigenvalue weighted by Gasteiger charge is 2.12. The zero-order valence-corrected chi connectivity index (χ0v) is 10.7. The lowest BCUT2D eigenvalue weighted by molar-refractivity contribution is 1.33. The summed E-state index contributed by atoms with van der Waals surface area (Å²) in [5.74, 6) is 0. The third-order valence-corrected chi connectivity index (χ3v) is 3.30. The van der Waals surface area contributed by atoms with E-state index < -0.39 is 0 Å². The summed E-state index contributed by atoms with van der Waals surface area (Å²) >= 11 is 6.12. The predicted molar refractivity (Wildman–Crippen MR) is 76.9 cm³/mol. The van der Waals surface area contributed by atoms with Gasteiger partial charge in [-0.25, -0.2) is 4.98 Å². The number of benzene rings is 2. The SMILES string of the molecule is N#Cc1c(Cl)nc(-c2ccccc2)c2ccccc12. The zero-order valence-electron chi connectivity index (χ0n) is 9.97. The van der Waals surface area contributed by atoms with E-state index >= 15 is 0 Å². The maximum atomic E-state index is 9.20. The van der Waals surface area contributed by atoms with E-state index in [9.17, 15) is 5.26 Å². The third kappa shape index (κ3) is 1.95. The van der Waals surface area contributed by atoms with Gasteiger partial charge in [0.15, 0.2) is 0 Å². The lowest BCUT2D eigenvalue weighted by Crippen LogP contribution is -1.91. The van der Waals surface area contributed by atoms with Gasteiger partial charge in [-0.1, -0.05) is 66.2 Å². The molecule has 2 aromatic carbocycles. The van der Waals surface area contributed by atoms with Crippen molar-refractivity contribution in [3.05, 3.63) is 65.3 Å². The Kier molecular flexibility index (Phi) is 2.91. The van der Waals surface area contributed by atoms with Crippen LogP contribution in [0.25, 0.3) is 22.0 Å². The van der Waals surface area contributed by atoms with Crippen LogP contribution in [-0.2, 0) is 0 Å². The molecular formula is C16H9ClN2. The molecule has 0 radical (unpaired) electrons. The molecule has 90 valence electrons. The number of hydrogen-bond donors (Lipinski definition) is 0. The number of hydrogen-bond acceptors (Lipinski definition) is 2. The second-order valence-electron chi connectivity index (χ2n) is 4.15. The van der Waals surface area contributed by atoms with E-state index in [-0.39, 0.29) is 5.15 Å². The number of halogens is 1. The first-order valence-electron chi connectivity index (χ1n) is 5.85. The second-order valence-corrected chi connectivity index (χ2v) is 4.51. The molecule has 3 heteroatoms. The molecule has 3 rings (SSSR count). The first-order chi connectivity index (χ1) is 9.31. The topological polar surface area (TPSA) is 36.7 Å². The Hall–Kier alpha value is -2.37. The number of pyridine rings is 1. The first kappa shape index (κ1) is 11.7. The number of rotatable bonds is 1. The average Bonchev–Trinajstić information content (AvgIpc) is 2.47. The van der Waals surface area contributed by atoms with Gasteiger partial charge in [0.25, 0.3) is 0 Å². The molecule has 0 fully saturated rings. The lowest BCUT2D eigenvalue weighted by Gasteiger charge is -2.08. The van der Waals surface area contributed by atoms with Crippen molar-refractivity contribution in [1.82, 2.24) is 4.98 Å². The van der Waals surface area contributed by atoms with Crippen molar-refractivity contribution >= 4 is 22.4 Å². The molecule has 0 aliphatic heterocycles. The Morgan fingerprint density at radius 2 is 1.53 bits per heavy atom. The van der Waals surface area contributed by atoms with Gasteiger partial charge in [0, 0.05) is 16.3 Å². The van der Waals surface area contributed by atoms with Crippen LogP contribution < -0.4 is 0 Å². The predicted octanol–water partition coefficient (Wildman–Crippen LogP) is 4.43. The van der Waals surface area contributed by atoms with Gasteiger partial charge < -0.3 is 0 Å². The molecule has 0 bridgehead atoms. The number of fused-ring (bicyclic) bond motifs is 1. The van der Waals surface area contributed by atoms with E-state index in [0.29, 0.717) is 5.56 Å². The number of nitrogens with zero attached hydrogens (tertiary/aromatic N) is 2. The molecule has 0 aliphatic carbocycles. The minimum atomic E-state index is 0.250. The van der Waals surface area contributed by atoms with Crippen molar-refractivity contribution in [3.8, 4) is 17.3 Å². The third-order valence-electron chi connectivity index (χ3n) is 3.03. The standard InChI is InChI=1S/C16H9ClN2/c17-16-14(10-18)12-8-4-5-9-13(12)15(19-16)11-6-2-1-3-7-11/h1-9H. The molecule has 0 saturated carbocycles. The molecule has 0 spiro atoms. The quantitative estimate of drug-likeness (QED) is 0.610. The van der Waals surface area contributed by atoms with Gasteiger partial charge in [0.2, 0.25) is 0 Å². The zero-order chi connectivity index (χ0) is 13.2. The van der Waals surface area contributed by atoms with Crippen LogP contribution in [0.3, 0.4) is 0 Å². The second kappa shape index (κ2) is 4.72. The molecule has 19 heavy (non-hydrogen) atoms. The fourth-order valence-corrected chi connectivity index (χ4v) is 2.38. The minimum absolute atomic E-state index is 0.250. The van der Waals surface area contributed by atoms with Crippen LogP contribution >= 0.6 is 11.6 Å².